The lowest BCUT2D eigenvalue weighted by atomic mass is 9.90. The number of rotatable bonds is 9. The number of nitrogens with one attached hydrogen (secondary N) is 1. The van der Waals surface area contributed by atoms with Crippen molar-refractivity contribution >= 4 is 12.2 Å². The van der Waals surface area contributed by atoms with Gasteiger partial charge >= 0.3 is 12.1 Å². The van der Waals surface area contributed by atoms with E-state index in [4.69, 9.17) is 9.26 Å². The smallest absolute Gasteiger partial charge is 0.417 e. The number of hydrogen-bond donors (Lipinski definition) is 2. The predicted molar refractivity (Wildman–Crippen MR) is 139 cm³/mol. The van der Waals surface area contributed by atoms with Gasteiger partial charge in [0.15, 0.2) is 5.76 Å². The molecule has 5 rings (SSSR count). The number of alkyl halides is 3. The third-order valence-electron chi connectivity index (χ3n) is 6.84. The van der Waals surface area contributed by atoms with Crippen molar-refractivity contribution in [1.29, 1.82) is 0 Å². The van der Waals surface area contributed by atoms with Crippen LogP contribution in [0.1, 0.15) is 49.4 Å². The maximum absolute atomic E-state index is 14.3. The number of carboxylic acids is 1. The summed E-state index contributed by atoms with van der Waals surface area (Å²) in [7, 11) is 0. The van der Waals surface area contributed by atoms with Crippen molar-refractivity contribution in [2.45, 2.75) is 44.9 Å². The highest BCUT2D eigenvalue weighted by atomic mass is 19.4. The SMILES string of the molecule is CCCOc1ccc(-c2cc(C(CC)(C(=O)O)N3Cc4[nH]c(-c5ccccc5F)nc4C=N3)on2)c(C(F)(F)F)c1. The molecule has 0 saturated carbocycles. The molecule has 2 aromatic heterocycles. The van der Waals surface area contributed by atoms with Gasteiger partial charge in [0.05, 0.1) is 36.2 Å². The second-order valence-electron chi connectivity index (χ2n) is 9.38. The monoisotopic (exact) mass is 571 g/mol. The number of fused-ring (bicyclic) bond motifs is 1. The number of carboxylic acid groups (broad SMARTS) is 1. The lowest BCUT2D eigenvalue weighted by Crippen LogP contribution is -2.49. The third-order valence-corrected chi connectivity index (χ3v) is 6.84. The van der Waals surface area contributed by atoms with Gasteiger partial charge in [-0.2, -0.15) is 18.3 Å². The Morgan fingerprint density at radius 2 is 1.93 bits per heavy atom. The molecule has 1 atom stereocenters. The molecule has 1 aliphatic heterocycles. The standard InChI is InChI=1S/C28H25F4N5O4/c1-3-11-40-16-9-10-17(19(12-16)28(30,31)32)21-13-24(41-36-21)27(4-2,26(38)39)37-15-23-22(14-33-37)34-25(35-23)18-7-5-6-8-20(18)29/h5-10,12-14H,3-4,11,15H2,1-2H3,(H,34,35)(H,38,39). The van der Waals surface area contributed by atoms with Crippen LogP contribution in [0.4, 0.5) is 17.6 Å². The van der Waals surface area contributed by atoms with Crippen LogP contribution in [0, 0.1) is 5.82 Å². The number of aromatic amines is 1. The molecule has 0 fully saturated rings. The van der Waals surface area contributed by atoms with Gasteiger partial charge in [0.2, 0.25) is 5.54 Å². The highest BCUT2D eigenvalue weighted by Gasteiger charge is 2.50. The molecule has 0 amide bonds. The molecule has 4 aromatic rings. The van der Waals surface area contributed by atoms with E-state index in [0.29, 0.717) is 17.8 Å². The fraction of sp³-hybridized carbons (Fsp3) is 0.286. The summed E-state index contributed by atoms with van der Waals surface area (Å²) in [4.78, 5) is 20.2. The number of aliphatic carboxylic acids is 1. The minimum absolute atomic E-state index is 0.0489. The molecule has 1 unspecified atom stereocenters. The number of halogens is 4. The molecule has 214 valence electrons. The van der Waals surface area contributed by atoms with E-state index >= 15 is 0 Å². The molecular weight excluding hydrogens is 546 g/mol. The summed E-state index contributed by atoms with van der Waals surface area (Å²) in [6.45, 7) is 3.58. The quantitative estimate of drug-likeness (QED) is 0.229. The summed E-state index contributed by atoms with van der Waals surface area (Å²) < 4.78 is 67.1. The number of benzene rings is 2. The topological polar surface area (TPSA) is 117 Å². The Kier molecular flexibility index (Phi) is 7.28. The van der Waals surface area contributed by atoms with Crippen LogP contribution in [-0.2, 0) is 23.1 Å². The van der Waals surface area contributed by atoms with E-state index in [1.54, 1.807) is 25.1 Å². The van der Waals surface area contributed by atoms with E-state index in [1.807, 2.05) is 6.92 Å². The van der Waals surface area contributed by atoms with Gasteiger partial charge < -0.3 is 19.4 Å². The molecule has 0 bridgehead atoms. The number of hydrazone groups is 1. The van der Waals surface area contributed by atoms with Crippen LogP contribution in [0.5, 0.6) is 5.75 Å². The highest BCUT2D eigenvalue weighted by molar-refractivity contribution is 5.84. The van der Waals surface area contributed by atoms with Crippen molar-refractivity contribution in [2.75, 3.05) is 6.61 Å². The van der Waals surface area contributed by atoms with Crippen LogP contribution in [0.2, 0.25) is 0 Å². The molecule has 13 heteroatoms. The van der Waals surface area contributed by atoms with Crippen LogP contribution in [-0.4, -0.2) is 44.0 Å². The van der Waals surface area contributed by atoms with Gasteiger partial charge in [-0.25, -0.2) is 14.2 Å². The van der Waals surface area contributed by atoms with E-state index in [1.165, 1.54) is 35.5 Å². The molecule has 41 heavy (non-hydrogen) atoms. The number of aromatic nitrogens is 3. The van der Waals surface area contributed by atoms with Crippen molar-refractivity contribution in [1.82, 2.24) is 20.1 Å². The van der Waals surface area contributed by atoms with Crippen molar-refractivity contribution in [3.05, 3.63) is 77.1 Å². The number of H-pyrrole nitrogens is 1. The third kappa shape index (κ3) is 5.03. The van der Waals surface area contributed by atoms with Gasteiger partial charge in [-0.3, -0.25) is 5.01 Å². The van der Waals surface area contributed by atoms with Gasteiger partial charge in [-0.05, 0) is 43.2 Å². The average molecular weight is 572 g/mol. The number of nitrogens with zero attached hydrogens (tertiary/aromatic N) is 4. The summed E-state index contributed by atoms with van der Waals surface area (Å²) in [5.74, 6) is -1.76. The lowest BCUT2D eigenvalue weighted by molar-refractivity contribution is -0.155. The first-order valence-electron chi connectivity index (χ1n) is 12.8. The highest BCUT2D eigenvalue weighted by Crippen LogP contribution is 2.42. The Morgan fingerprint density at radius 3 is 2.61 bits per heavy atom. The zero-order chi connectivity index (χ0) is 29.4. The van der Waals surface area contributed by atoms with Crippen LogP contribution in [0.3, 0.4) is 0 Å². The normalized spacial score (nSPS) is 14.5. The Hall–Kier alpha value is -4.68. The molecule has 2 aromatic carbocycles. The summed E-state index contributed by atoms with van der Waals surface area (Å²) >= 11 is 0. The van der Waals surface area contributed by atoms with Gasteiger partial charge in [0.25, 0.3) is 0 Å². The molecule has 0 aliphatic carbocycles. The first kappa shape index (κ1) is 27.9. The summed E-state index contributed by atoms with van der Waals surface area (Å²) in [6.07, 6.45) is -2.86. The van der Waals surface area contributed by atoms with Gasteiger partial charge in [0, 0.05) is 11.6 Å². The molecule has 2 N–H and O–H groups in total. The van der Waals surface area contributed by atoms with Crippen molar-refractivity contribution in [3.8, 4) is 28.4 Å². The lowest BCUT2D eigenvalue weighted by Gasteiger charge is -2.36. The van der Waals surface area contributed by atoms with E-state index in [2.05, 4.69) is 20.2 Å². The average Bonchev–Trinajstić information content (AvgIpc) is 3.60. The summed E-state index contributed by atoms with van der Waals surface area (Å²) in [5.41, 5.74) is -2.31. The molecule has 0 radical (unpaired) electrons. The van der Waals surface area contributed by atoms with Gasteiger partial charge in [-0.1, -0.05) is 31.1 Å². The van der Waals surface area contributed by atoms with Gasteiger partial charge in [-0.15, -0.1) is 0 Å². The number of hydrogen-bond acceptors (Lipinski definition) is 7. The summed E-state index contributed by atoms with van der Waals surface area (Å²) in [5, 5.41) is 19.7. The second-order valence-corrected chi connectivity index (χ2v) is 9.38. The second kappa shape index (κ2) is 10.7. The Bertz CT molecular complexity index is 1610. The predicted octanol–water partition coefficient (Wildman–Crippen LogP) is 6.22. The summed E-state index contributed by atoms with van der Waals surface area (Å²) in [6, 6.07) is 10.7. The first-order chi connectivity index (χ1) is 19.6. The Balaban J connectivity index is 1.51. The minimum atomic E-state index is -4.74. The molecule has 3 heterocycles. The van der Waals surface area contributed by atoms with Crippen molar-refractivity contribution < 1.29 is 36.7 Å². The van der Waals surface area contributed by atoms with E-state index in [0.717, 1.165) is 6.07 Å². The maximum atomic E-state index is 14.3. The Morgan fingerprint density at radius 1 is 1.15 bits per heavy atom. The number of imidazole rings is 1. The van der Waals surface area contributed by atoms with Crippen LogP contribution >= 0.6 is 0 Å². The fourth-order valence-electron chi connectivity index (χ4n) is 4.72. The molecule has 9 nitrogen and oxygen atoms in total. The molecule has 0 saturated heterocycles. The zero-order valence-corrected chi connectivity index (χ0v) is 22.0. The van der Waals surface area contributed by atoms with Crippen molar-refractivity contribution in [3.63, 3.8) is 0 Å². The number of ether oxygens (including phenoxy) is 1. The van der Waals surface area contributed by atoms with E-state index in [9.17, 15) is 27.5 Å². The molecular formula is C28H25F4N5O4. The maximum Gasteiger partial charge on any atom is 0.417 e. The first-order valence-corrected chi connectivity index (χ1v) is 12.8. The number of carbonyl (C=O) groups is 1. The Labute approximate surface area is 231 Å². The minimum Gasteiger partial charge on any atom is -0.494 e. The molecule has 1 aliphatic rings. The zero-order valence-electron chi connectivity index (χ0n) is 22.0. The fourth-order valence-corrected chi connectivity index (χ4v) is 4.72. The molecule has 0 spiro atoms. The largest absolute Gasteiger partial charge is 0.494 e. The van der Waals surface area contributed by atoms with Gasteiger partial charge in [0.1, 0.15) is 28.8 Å². The van der Waals surface area contributed by atoms with Crippen LogP contribution in [0.25, 0.3) is 22.6 Å². The van der Waals surface area contributed by atoms with Crippen LogP contribution in [0.15, 0.2) is 58.2 Å². The van der Waals surface area contributed by atoms with Crippen LogP contribution < -0.4 is 4.74 Å². The van der Waals surface area contributed by atoms with E-state index in [-0.39, 0.29) is 53.7 Å². The van der Waals surface area contributed by atoms with E-state index < -0.39 is 29.1 Å². The van der Waals surface area contributed by atoms with Crippen molar-refractivity contribution in [2.24, 2.45) is 5.10 Å².